The first-order chi connectivity index (χ1) is 10.9. The van der Waals surface area contributed by atoms with Crippen LogP contribution in [-0.4, -0.2) is 26.8 Å². The quantitative estimate of drug-likeness (QED) is 0.845. The number of rotatable bonds is 5. The molecule has 1 aromatic carbocycles. The van der Waals surface area contributed by atoms with Crippen molar-refractivity contribution in [2.24, 2.45) is 4.99 Å². The Kier molecular flexibility index (Phi) is 5.27. The minimum absolute atomic E-state index is 0.0569. The van der Waals surface area contributed by atoms with E-state index in [-0.39, 0.29) is 12.2 Å². The zero-order valence-corrected chi connectivity index (χ0v) is 12.6. The molecule has 0 bridgehead atoms. The molecule has 10 heteroatoms. The fourth-order valence-corrected chi connectivity index (χ4v) is 2.17. The van der Waals surface area contributed by atoms with Gasteiger partial charge in [0.2, 0.25) is 10.7 Å². The Labute approximate surface area is 133 Å². The van der Waals surface area contributed by atoms with Crippen molar-refractivity contribution in [2.75, 3.05) is 11.9 Å². The smallest absolute Gasteiger partial charge is 0.324 e. The molecule has 0 fully saturated rings. The highest BCUT2D eigenvalue weighted by Crippen LogP contribution is 2.30. The van der Waals surface area contributed by atoms with E-state index >= 15 is 0 Å². The zero-order valence-electron chi connectivity index (χ0n) is 11.7. The summed E-state index contributed by atoms with van der Waals surface area (Å²) in [7, 11) is 0. The minimum atomic E-state index is -4.46. The van der Waals surface area contributed by atoms with Crippen LogP contribution in [0.1, 0.15) is 5.56 Å². The van der Waals surface area contributed by atoms with E-state index in [2.05, 4.69) is 26.6 Å². The Bertz CT molecular complexity index is 765. The van der Waals surface area contributed by atoms with Crippen LogP contribution in [0.4, 0.5) is 18.9 Å². The van der Waals surface area contributed by atoms with Crippen molar-refractivity contribution >= 4 is 23.1 Å². The normalized spacial score (nSPS) is 12.2. The summed E-state index contributed by atoms with van der Waals surface area (Å²) in [5, 5.41) is 6.14. The van der Waals surface area contributed by atoms with Crippen LogP contribution in [0.3, 0.4) is 0 Å². The highest BCUT2D eigenvalue weighted by Gasteiger charge is 2.30. The third kappa shape index (κ3) is 4.74. The summed E-state index contributed by atoms with van der Waals surface area (Å²) in [4.78, 5) is 16.2. The summed E-state index contributed by atoms with van der Waals surface area (Å²) in [5.74, 6) is -0.539. The Balaban J connectivity index is 2.05. The predicted molar refractivity (Wildman–Crippen MR) is 78.6 cm³/mol. The second-order valence-electron chi connectivity index (χ2n) is 4.36. The number of halogens is 3. The largest absolute Gasteiger partial charge is 0.416 e. The summed E-state index contributed by atoms with van der Waals surface area (Å²) >= 11 is 1.00. The zero-order chi connectivity index (χ0) is 16.9. The molecule has 0 unspecified atom stereocenters. The molecule has 6 nitrogen and oxygen atoms in total. The maximum atomic E-state index is 12.6. The second kappa shape index (κ2) is 7.18. The summed E-state index contributed by atoms with van der Waals surface area (Å²) in [6.07, 6.45) is -2.86. The molecule has 0 saturated carbocycles. The summed E-state index contributed by atoms with van der Waals surface area (Å²) in [6, 6.07) is 4.39. The lowest BCUT2D eigenvalue weighted by molar-refractivity contribution is -0.137. The van der Waals surface area contributed by atoms with Crippen molar-refractivity contribution in [3.8, 4) is 0 Å². The number of anilines is 1. The molecule has 0 spiro atoms. The number of allylic oxidation sites excluding steroid dienone is 1. The summed E-state index contributed by atoms with van der Waals surface area (Å²) in [6.45, 7) is 3.70. The van der Waals surface area contributed by atoms with Crippen LogP contribution in [-0.2, 0) is 17.5 Å². The van der Waals surface area contributed by atoms with Gasteiger partial charge in [-0.25, -0.2) is 9.67 Å². The van der Waals surface area contributed by atoms with Gasteiger partial charge in [-0.2, -0.15) is 13.2 Å². The lowest BCUT2D eigenvalue weighted by atomic mass is 10.2. The molecule has 0 radical (unpaired) electrons. The first-order valence-corrected chi connectivity index (χ1v) is 7.15. The monoisotopic (exact) mass is 343 g/mol. The van der Waals surface area contributed by atoms with Gasteiger partial charge < -0.3 is 5.32 Å². The second-order valence-corrected chi connectivity index (χ2v) is 5.07. The molecule has 2 aromatic rings. The van der Waals surface area contributed by atoms with Gasteiger partial charge in [-0.05, 0) is 18.2 Å². The number of amides is 1. The van der Waals surface area contributed by atoms with E-state index in [9.17, 15) is 18.0 Å². The molecule has 1 N–H and O–H groups in total. The molecular formula is C13H12F3N5OS. The van der Waals surface area contributed by atoms with Crippen LogP contribution >= 0.6 is 11.5 Å². The fraction of sp³-hybridized carbons (Fsp3) is 0.231. The molecule has 0 saturated heterocycles. The van der Waals surface area contributed by atoms with E-state index in [1.807, 2.05) is 0 Å². The SMILES string of the molecule is C=CCn1nnsc1=NCC(=O)Nc1cccc(C(F)(F)F)c1. The molecule has 2 rings (SSSR count). The Morgan fingerprint density at radius 2 is 2.26 bits per heavy atom. The topological polar surface area (TPSA) is 72.2 Å². The number of aromatic nitrogens is 3. The molecule has 0 aliphatic heterocycles. The molecule has 1 amide bonds. The number of hydrogen-bond acceptors (Lipinski definition) is 5. The number of alkyl halides is 3. The molecule has 1 heterocycles. The van der Waals surface area contributed by atoms with Gasteiger partial charge in [0.25, 0.3) is 0 Å². The van der Waals surface area contributed by atoms with Gasteiger partial charge in [-0.15, -0.1) is 6.58 Å². The number of nitrogens with one attached hydrogen (secondary N) is 1. The average molecular weight is 343 g/mol. The van der Waals surface area contributed by atoms with Crippen LogP contribution in [0.25, 0.3) is 0 Å². The molecule has 122 valence electrons. The van der Waals surface area contributed by atoms with Gasteiger partial charge in [-0.3, -0.25) is 4.79 Å². The third-order valence-electron chi connectivity index (χ3n) is 2.62. The van der Waals surface area contributed by atoms with Crippen molar-refractivity contribution < 1.29 is 18.0 Å². The lowest BCUT2D eigenvalue weighted by Crippen LogP contribution is -2.21. The van der Waals surface area contributed by atoms with Crippen molar-refractivity contribution in [3.63, 3.8) is 0 Å². The Morgan fingerprint density at radius 1 is 1.48 bits per heavy atom. The maximum Gasteiger partial charge on any atom is 0.416 e. The third-order valence-corrected chi connectivity index (χ3v) is 3.28. The number of benzene rings is 1. The van der Waals surface area contributed by atoms with E-state index in [0.717, 1.165) is 23.7 Å². The van der Waals surface area contributed by atoms with Gasteiger partial charge in [-0.1, -0.05) is 21.8 Å². The highest BCUT2D eigenvalue weighted by atomic mass is 32.1. The van der Waals surface area contributed by atoms with Gasteiger partial charge in [0, 0.05) is 17.2 Å². The van der Waals surface area contributed by atoms with E-state index in [0.29, 0.717) is 11.3 Å². The van der Waals surface area contributed by atoms with Crippen LogP contribution in [0.15, 0.2) is 41.9 Å². The predicted octanol–water partition coefficient (Wildman–Crippen LogP) is 2.08. The van der Waals surface area contributed by atoms with Gasteiger partial charge in [0.05, 0.1) is 12.1 Å². The van der Waals surface area contributed by atoms with Crippen molar-refractivity contribution in [1.29, 1.82) is 0 Å². The first kappa shape index (κ1) is 16.9. The lowest BCUT2D eigenvalue weighted by Gasteiger charge is -2.09. The van der Waals surface area contributed by atoms with Crippen LogP contribution in [0, 0.1) is 0 Å². The van der Waals surface area contributed by atoms with Gasteiger partial charge in [0.15, 0.2) is 0 Å². The fourth-order valence-electron chi connectivity index (χ4n) is 1.64. The van der Waals surface area contributed by atoms with Crippen LogP contribution in [0.5, 0.6) is 0 Å². The standard InChI is InChI=1S/C13H12F3N5OS/c1-2-6-21-12(23-20-19-21)17-8-11(22)18-10-5-3-4-9(7-10)13(14,15)16/h2-5,7H,1,6,8H2,(H,18,22). The Hall–Kier alpha value is -2.49. The molecule has 23 heavy (non-hydrogen) atoms. The molecule has 0 aliphatic carbocycles. The van der Waals surface area contributed by atoms with Gasteiger partial charge >= 0.3 is 6.18 Å². The highest BCUT2D eigenvalue weighted by molar-refractivity contribution is 7.02. The first-order valence-electron chi connectivity index (χ1n) is 6.38. The van der Waals surface area contributed by atoms with Crippen molar-refractivity contribution in [2.45, 2.75) is 12.7 Å². The summed E-state index contributed by atoms with van der Waals surface area (Å²) in [5.41, 5.74) is -0.774. The van der Waals surface area contributed by atoms with E-state index in [4.69, 9.17) is 0 Å². The maximum absolute atomic E-state index is 12.6. The van der Waals surface area contributed by atoms with Crippen molar-refractivity contribution in [1.82, 2.24) is 14.4 Å². The molecule has 1 aromatic heterocycles. The summed E-state index contributed by atoms with van der Waals surface area (Å²) < 4.78 is 43.0. The average Bonchev–Trinajstić information content (AvgIpc) is 2.92. The number of carbonyl (C=O) groups is 1. The molecular weight excluding hydrogens is 331 g/mol. The van der Waals surface area contributed by atoms with Gasteiger partial charge in [0.1, 0.15) is 6.54 Å². The van der Waals surface area contributed by atoms with E-state index < -0.39 is 17.6 Å². The van der Waals surface area contributed by atoms with Crippen LogP contribution < -0.4 is 10.1 Å². The Morgan fingerprint density at radius 3 is 2.96 bits per heavy atom. The number of carbonyl (C=O) groups excluding carboxylic acids is 1. The number of nitrogens with zero attached hydrogens (tertiary/aromatic N) is 4. The molecule has 0 atom stereocenters. The molecule has 0 aliphatic rings. The van der Waals surface area contributed by atoms with E-state index in [1.54, 1.807) is 6.08 Å². The minimum Gasteiger partial charge on any atom is -0.324 e. The van der Waals surface area contributed by atoms with Crippen molar-refractivity contribution in [3.05, 3.63) is 47.3 Å². The van der Waals surface area contributed by atoms with Crippen LogP contribution in [0.2, 0.25) is 0 Å². The number of hydrogen-bond donors (Lipinski definition) is 1. The van der Waals surface area contributed by atoms with E-state index in [1.165, 1.54) is 16.8 Å².